The summed E-state index contributed by atoms with van der Waals surface area (Å²) in [6, 6.07) is 15.4. The van der Waals surface area contributed by atoms with Crippen LogP contribution < -0.4 is 10.6 Å². The topological polar surface area (TPSA) is 131 Å². The quantitative estimate of drug-likeness (QED) is 0.443. The minimum atomic E-state index is -1.51. The molecule has 2 rings (SSSR count). The largest absolute Gasteiger partial charge is 0.480 e. The molecule has 0 aliphatic heterocycles. The Hall–Kier alpha value is -3.88. The zero-order valence-electron chi connectivity index (χ0n) is 18.5. The maximum atomic E-state index is 12.7. The summed E-state index contributed by atoms with van der Waals surface area (Å²) >= 11 is 0. The molecule has 2 aromatic carbocycles. The molecule has 2 atom stereocenters. The molecular formula is C24H28N2O7. The van der Waals surface area contributed by atoms with Crippen molar-refractivity contribution >= 4 is 23.9 Å². The molecule has 33 heavy (non-hydrogen) atoms. The lowest BCUT2D eigenvalue weighted by Gasteiger charge is -2.23. The molecule has 0 spiro atoms. The van der Waals surface area contributed by atoms with Crippen molar-refractivity contribution in [3.8, 4) is 0 Å². The molecule has 9 nitrogen and oxygen atoms in total. The number of carbonyl (C=O) groups is 4. The van der Waals surface area contributed by atoms with E-state index in [0.717, 1.165) is 11.1 Å². The summed E-state index contributed by atoms with van der Waals surface area (Å²) in [6.45, 7) is 3.38. The number of hydrogen-bond acceptors (Lipinski definition) is 6. The standard InChI is InChI=1S/C24H28N2O7/c1-16(2)21(26-24(31)33-15-18-11-7-4-8-12-18)22(28)25-19(23(29)30)13-20(27)32-14-17-9-5-3-6-10-17/h3-12,16,19,21H,13-15H2,1-2H3,(H,25,28)(H,26,31)(H,29,30)/t19-,21-/m0/s1. The van der Waals surface area contributed by atoms with E-state index in [4.69, 9.17) is 9.47 Å². The maximum absolute atomic E-state index is 12.7. The number of aliphatic carboxylic acids is 1. The molecule has 0 saturated heterocycles. The van der Waals surface area contributed by atoms with Crippen molar-refractivity contribution < 1.29 is 33.8 Å². The molecule has 3 N–H and O–H groups in total. The van der Waals surface area contributed by atoms with E-state index in [2.05, 4.69) is 10.6 Å². The smallest absolute Gasteiger partial charge is 0.408 e. The van der Waals surface area contributed by atoms with E-state index in [1.165, 1.54) is 0 Å². The molecule has 176 valence electrons. The average molecular weight is 456 g/mol. The minimum Gasteiger partial charge on any atom is -0.480 e. The molecule has 0 saturated carbocycles. The zero-order valence-corrected chi connectivity index (χ0v) is 18.5. The third-order valence-corrected chi connectivity index (χ3v) is 4.66. The van der Waals surface area contributed by atoms with Crippen LogP contribution >= 0.6 is 0 Å². The summed E-state index contributed by atoms with van der Waals surface area (Å²) in [5, 5.41) is 14.2. The number of hydrogen-bond donors (Lipinski definition) is 3. The van der Waals surface area contributed by atoms with Gasteiger partial charge < -0.3 is 25.2 Å². The van der Waals surface area contributed by atoms with Gasteiger partial charge in [-0.2, -0.15) is 0 Å². The first kappa shape index (κ1) is 25.4. The predicted octanol–water partition coefficient (Wildman–Crippen LogP) is 2.64. The first-order valence-corrected chi connectivity index (χ1v) is 10.5. The first-order valence-electron chi connectivity index (χ1n) is 10.5. The van der Waals surface area contributed by atoms with E-state index in [1.54, 1.807) is 62.4 Å². The van der Waals surface area contributed by atoms with Gasteiger partial charge in [0.25, 0.3) is 0 Å². The molecule has 0 radical (unpaired) electrons. The normalized spacial score (nSPS) is 12.3. The van der Waals surface area contributed by atoms with Crippen LogP contribution in [0.2, 0.25) is 0 Å². The van der Waals surface area contributed by atoms with Crippen molar-refractivity contribution in [3.05, 3.63) is 71.8 Å². The Kier molecular flexibility index (Phi) is 9.88. The molecule has 0 fully saturated rings. The second-order valence-electron chi connectivity index (χ2n) is 7.68. The van der Waals surface area contributed by atoms with Gasteiger partial charge in [0.05, 0.1) is 6.42 Å². The van der Waals surface area contributed by atoms with Crippen LogP contribution in [0.5, 0.6) is 0 Å². The number of alkyl carbamates (subject to hydrolysis) is 1. The molecular weight excluding hydrogens is 428 g/mol. The fourth-order valence-electron chi connectivity index (χ4n) is 2.85. The van der Waals surface area contributed by atoms with Crippen LogP contribution in [0, 0.1) is 5.92 Å². The van der Waals surface area contributed by atoms with Gasteiger partial charge in [-0.3, -0.25) is 9.59 Å². The van der Waals surface area contributed by atoms with Gasteiger partial charge in [-0.1, -0.05) is 74.5 Å². The van der Waals surface area contributed by atoms with Crippen LogP contribution in [0.4, 0.5) is 4.79 Å². The lowest BCUT2D eigenvalue weighted by Crippen LogP contribution is -2.54. The highest BCUT2D eigenvalue weighted by atomic mass is 16.5. The number of esters is 1. The summed E-state index contributed by atoms with van der Waals surface area (Å²) < 4.78 is 10.2. The lowest BCUT2D eigenvalue weighted by atomic mass is 10.0. The summed E-state index contributed by atoms with van der Waals surface area (Å²) in [7, 11) is 0. The highest BCUT2D eigenvalue weighted by Gasteiger charge is 2.30. The Morgan fingerprint density at radius 3 is 1.82 bits per heavy atom. The van der Waals surface area contributed by atoms with Crippen LogP contribution in [-0.2, 0) is 37.1 Å². The van der Waals surface area contributed by atoms with E-state index in [1.807, 2.05) is 12.1 Å². The van der Waals surface area contributed by atoms with Gasteiger partial charge in [0.1, 0.15) is 25.3 Å². The Morgan fingerprint density at radius 2 is 1.33 bits per heavy atom. The summed E-state index contributed by atoms with van der Waals surface area (Å²) in [6.07, 6.45) is -1.38. The van der Waals surface area contributed by atoms with Crippen molar-refractivity contribution in [2.24, 2.45) is 5.92 Å². The predicted molar refractivity (Wildman–Crippen MR) is 119 cm³/mol. The summed E-state index contributed by atoms with van der Waals surface area (Å²) in [5.41, 5.74) is 1.53. The Bertz CT molecular complexity index is 932. The van der Waals surface area contributed by atoms with E-state index in [-0.39, 0.29) is 19.1 Å². The van der Waals surface area contributed by atoms with E-state index in [9.17, 15) is 24.3 Å². The van der Waals surface area contributed by atoms with Crippen molar-refractivity contribution in [2.75, 3.05) is 0 Å². The van der Waals surface area contributed by atoms with Crippen LogP contribution in [0.3, 0.4) is 0 Å². The van der Waals surface area contributed by atoms with Gasteiger partial charge in [0.2, 0.25) is 5.91 Å². The van der Waals surface area contributed by atoms with Gasteiger partial charge >= 0.3 is 18.0 Å². The third-order valence-electron chi connectivity index (χ3n) is 4.66. The van der Waals surface area contributed by atoms with Crippen LogP contribution in [-0.4, -0.2) is 41.1 Å². The molecule has 0 unspecified atom stereocenters. The molecule has 0 bridgehead atoms. The number of carbonyl (C=O) groups excluding carboxylic acids is 3. The summed E-state index contributed by atoms with van der Waals surface area (Å²) in [5.74, 6) is -3.28. The SMILES string of the molecule is CC(C)[C@H](NC(=O)OCc1ccccc1)C(=O)N[C@@H](CC(=O)OCc1ccccc1)C(=O)O. The number of carboxylic acids is 1. The highest BCUT2D eigenvalue weighted by molar-refractivity contribution is 5.91. The van der Waals surface area contributed by atoms with Crippen LogP contribution in [0.25, 0.3) is 0 Å². The van der Waals surface area contributed by atoms with Gasteiger partial charge in [0.15, 0.2) is 0 Å². The van der Waals surface area contributed by atoms with E-state index in [0.29, 0.717) is 0 Å². The maximum Gasteiger partial charge on any atom is 0.408 e. The van der Waals surface area contributed by atoms with E-state index >= 15 is 0 Å². The Balaban J connectivity index is 1.89. The number of ether oxygens (including phenoxy) is 2. The zero-order chi connectivity index (χ0) is 24.2. The molecule has 0 aromatic heterocycles. The third kappa shape index (κ3) is 9.02. The monoisotopic (exact) mass is 456 g/mol. The van der Waals surface area contributed by atoms with E-state index < -0.39 is 42.4 Å². The molecule has 9 heteroatoms. The Labute approximate surface area is 192 Å². The lowest BCUT2D eigenvalue weighted by molar-refractivity contribution is -0.151. The Morgan fingerprint density at radius 1 is 0.818 bits per heavy atom. The van der Waals surface area contributed by atoms with Crippen molar-refractivity contribution in [1.29, 1.82) is 0 Å². The first-order chi connectivity index (χ1) is 15.8. The van der Waals surface area contributed by atoms with Crippen molar-refractivity contribution in [3.63, 3.8) is 0 Å². The van der Waals surface area contributed by atoms with Gasteiger partial charge in [0, 0.05) is 0 Å². The van der Waals surface area contributed by atoms with Crippen LogP contribution in [0.1, 0.15) is 31.4 Å². The van der Waals surface area contributed by atoms with Crippen molar-refractivity contribution in [2.45, 2.75) is 45.6 Å². The second-order valence-corrected chi connectivity index (χ2v) is 7.68. The van der Waals surface area contributed by atoms with Crippen molar-refractivity contribution in [1.82, 2.24) is 10.6 Å². The van der Waals surface area contributed by atoms with Gasteiger partial charge in [-0.15, -0.1) is 0 Å². The number of benzene rings is 2. The van der Waals surface area contributed by atoms with Gasteiger partial charge in [-0.25, -0.2) is 9.59 Å². The highest BCUT2D eigenvalue weighted by Crippen LogP contribution is 2.07. The fraction of sp³-hybridized carbons (Fsp3) is 0.333. The second kappa shape index (κ2) is 12.8. The molecule has 0 aliphatic carbocycles. The number of amides is 2. The molecule has 2 amide bonds. The number of nitrogens with one attached hydrogen (secondary N) is 2. The number of carboxylic acid groups (broad SMARTS) is 1. The van der Waals surface area contributed by atoms with Crippen LogP contribution in [0.15, 0.2) is 60.7 Å². The molecule has 0 heterocycles. The van der Waals surface area contributed by atoms with Gasteiger partial charge in [-0.05, 0) is 17.0 Å². The minimum absolute atomic E-state index is 0.0105. The summed E-state index contributed by atoms with van der Waals surface area (Å²) in [4.78, 5) is 48.5. The number of rotatable bonds is 11. The average Bonchev–Trinajstić information content (AvgIpc) is 2.80. The molecule has 2 aromatic rings. The fourth-order valence-corrected chi connectivity index (χ4v) is 2.85. The molecule has 0 aliphatic rings.